The van der Waals surface area contributed by atoms with E-state index in [4.69, 9.17) is 9.47 Å². The molecule has 2 aromatic carbocycles. The van der Waals surface area contributed by atoms with Crippen molar-refractivity contribution in [2.75, 3.05) is 19.0 Å². The number of nitrogens with one attached hydrogen (secondary N) is 1. The third kappa shape index (κ3) is 4.35. The van der Waals surface area contributed by atoms with E-state index in [2.05, 4.69) is 19.2 Å². The molecule has 0 saturated carbocycles. The van der Waals surface area contributed by atoms with Crippen LogP contribution in [0.25, 0.3) is 0 Å². The van der Waals surface area contributed by atoms with Crippen LogP contribution in [0.4, 0.5) is 5.69 Å². The number of hydrogen-bond donors (Lipinski definition) is 1. The molecule has 1 amide bonds. The number of hydrogen-bond acceptors (Lipinski definition) is 4. The number of rotatable bonds is 7. The molecule has 126 valence electrons. The largest absolute Gasteiger partial charge is 0.493 e. The van der Waals surface area contributed by atoms with Crippen LogP contribution in [-0.2, 0) is 4.79 Å². The lowest BCUT2D eigenvalue weighted by Gasteiger charge is -2.14. The summed E-state index contributed by atoms with van der Waals surface area (Å²) in [7, 11) is 1.50. The Morgan fingerprint density at radius 2 is 1.92 bits per heavy atom. The van der Waals surface area contributed by atoms with E-state index in [1.54, 1.807) is 18.2 Å². The summed E-state index contributed by atoms with van der Waals surface area (Å²) < 4.78 is 10.7. The topological polar surface area (TPSA) is 64.6 Å². The fraction of sp³-hybridized carbons (Fsp3) is 0.263. The second-order valence-electron chi connectivity index (χ2n) is 5.61. The number of amides is 1. The highest BCUT2D eigenvalue weighted by Gasteiger charge is 2.11. The van der Waals surface area contributed by atoms with Crippen LogP contribution in [0.3, 0.4) is 0 Å². The van der Waals surface area contributed by atoms with Crippen LogP contribution in [0, 0.1) is 0 Å². The lowest BCUT2D eigenvalue weighted by Crippen LogP contribution is -2.21. The maximum absolute atomic E-state index is 12.2. The van der Waals surface area contributed by atoms with Gasteiger partial charge in [-0.15, -0.1) is 0 Å². The van der Waals surface area contributed by atoms with Gasteiger partial charge in [0.1, 0.15) is 6.29 Å². The minimum Gasteiger partial charge on any atom is -0.493 e. The number of carbonyl (C=O) groups is 2. The standard InChI is InChI=1S/C19H21NO4/c1-13(2)15-6-4-5-7-16(15)20-19(22)12-24-18-10-14(11-21)8-9-17(18)23-3/h4-11,13H,12H2,1-3H3,(H,20,22). The molecule has 5 nitrogen and oxygen atoms in total. The van der Waals surface area contributed by atoms with Crippen LogP contribution < -0.4 is 14.8 Å². The summed E-state index contributed by atoms with van der Waals surface area (Å²) in [6.45, 7) is 3.96. The van der Waals surface area contributed by atoms with Gasteiger partial charge in [-0.25, -0.2) is 0 Å². The molecule has 0 aromatic heterocycles. The van der Waals surface area contributed by atoms with Gasteiger partial charge in [0, 0.05) is 11.3 Å². The predicted octanol–water partition coefficient (Wildman–Crippen LogP) is 3.65. The Hall–Kier alpha value is -2.82. The smallest absolute Gasteiger partial charge is 0.262 e. The lowest BCUT2D eigenvalue weighted by molar-refractivity contribution is -0.118. The first kappa shape index (κ1) is 17.5. The molecular weight excluding hydrogens is 306 g/mol. The van der Waals surface area contributed by atoms with E-state index in [0.29, 0.717) is 29.3 Å². The Morgan fingerprint density at radius 3 is 2.58 bits per heavy atom. The van der Waals surface area contributed by atoms with Crippen LogP contribution in [0.2, 0.25) is 0 Å². The average Bonchev–Trinajstić information content (AvgIpc) is 2.59. The minimum absolute atomic E-state index is 0.175. The van der Waals surface area contributed by atoms with E-state index < -0.39 is 0 Å². The number of methoxy groups -OCH3 is 1. The molecule has 0 saturated heterocycles. The molecule has 0 heterocycles. The maximum Gasteiger partial charge on any atom is 0.262 e. The Kier molecular flexibility index (Phi) is 5.95. The first-order valence-electron chi connectivity index (χ1n) is 7.70. The zero-order valence-corrected chi connectivity index (χ0v) is 14.0. The molecule has 0 fully saturated rings. The molecule has 0 aliphatic rings. The predicted molar refractivity (Wildman–Crippen MR) is 93.0 cm³/mol. The number of anilines is 1. The molecule has 0 aliphatic heterocycles. The number of carbonyl (C=O) groups excluding carboxylic acids is 2. The van der Waals surface area contributed by atoms with Gasteiger partial charge < -0.3 is 14.8 Å². The van der Waals surface area contributed by atoms with Crippen molar-refractivity contribution in [2.45, 2.75) is 19.8 Å². The van der Waals surface area contributed by atoms with Gasteiger partial charge >= 0.3 is 0 Å². The van der Waals surface area contributed by atoms with Crippen molar-refractivity contribution in [3.63, 3.8) is 0 Å². The second kappa shape index (κ2) is 8.15. The fourth-order valence-electron chi connectivity index (χ4n) is 2.32. The molecule has 0 atom stereocenters. The Morgan fingerprint density at radius 1 is 1.17 bits per heavy atom. The number of benzene rings is 2. The summed E-state index contributed by atoms with van der Waals surface area (Å²) in [4.78, 5) is 23.0. The van der Waals surface area contributed by atoms with E-state index >= 15 is 0 Å². The monoisotopic (exact) mass is 327 g/mol. The Bertz CT molecular complexity index is 725. The summed E-state index contributed by atoms with van der Waals surface area (Å²) in [6, 6.07) is 12.5. The molecule has 1 N–H and O–H groups in total. The summed E-state index contributed by atoms with van der Waals surface area (Å²) in [5.74, 6) is 0.846. The fourth-order valence-corrected chi connectivity index (χ4v) is 2.32. The first-order chi connectivity index (χ1) is 11.5. The minimum atomic E-state index is -0.276. The average molecular weight is 327 g/mol. The maximum atomic E-state index is 12.2. The van der Waals surface area contributed by atoms with Gasteiger partial charge in [0.2, 0.25) is 0 Å². The highest BCUT2D eigenvalue weighted by Crippen LogP contribution is 2.28. The highest BCUT2D eigenvalue weighted by molar-refractivity contribution is 5.92. The molecule has 2 rings (SSSR count). The number of ether oxygens (including phenoxy) is 2. The van der Waals surface area contributed by atoms with Crippen molar-refractivity contribution in [3.05, 3.63) is 53.6 Å². The quantitative estimate of drug-likeness (QED) is 0.788. The van der Waals surface area contributed by atoms with E-state index in [1.807, 2.05) is 24.3 Å². The van der Waals surface area contributed by atoms with Gasteiger partial charge in [0.25, 0.3) is 5.91 Å². The summed E-state index contributed by atoms with van der Waals surface area (Å²) >= 11 is 0. The third-order valence-corrected chi connectivity index (χ3v) is 3.54. The van der Waals surface area contributed by atoms with Gasteiger partial charge in [-0.1, -0.05) is 32.0 Å². The van der Waals surface area contributed by atoms with Gasteiger partial charge in [-0.05, 0) is 35.7 Å². The molecule has 0 aliphatic carbocycles. The van der Waals surface area contributed by atoms with Crippen molar-refractivity contribution in [3.8, 4) is 11.5 Å². The van der Waals surface area contributed by atoms with Crippen LogP contribution in [0.15, 0.2) is 42.5 Å². The highest BCUT2D eigenvalue weighted by atomic mass is 16.5. The molecule has 0 bridgehead atoms. The Labute approximate surface area is 141 Å². The normalized spacial score (nSPS) is 10.3. The van der Waals surface area contributed by atoms with Crippen LogP contribution in [-0.4, -0.2) is 25.9 Å². The lowest BCUT2D eigenvalue weighted by atomic mass is 10.0. The van der Waals surface area contributed by atoms with E-state index in [-0.39, 0.29) is 12.5 Å². The molecular formula is C19H21NO4. The van der Waals surface area contributed by atoms with Crippen molar-refractivity contribution in [2.24, 2.45) is 0 Å². The molecule has 0 unspecified atom stereocenters. The van der Waals surface area contributed by atoms with Crippen LogP contribution in [0.1, 0.15) is 35.7 Å². The third-order valence-electron chi connectivity index (χ3n) is 3.54. The van der Waals surface area contributed by atoms with Gasteiger partial charge in [0.15, 0.2) is 18.1 Å². The van der Waals surface area contributed by atoms with E-state index in [9.17, 15) is 9.59 Å². The van der Waals surface area contributed by atoms with Crippen molar-refractivity contribution < 1.29 is 19.1 Å². The summed E-state index contributed by atoms with van der Waals surface area (Å²) in [5, 5.41) is 2.85. The Balaban J connectivity index is 2.05. The molecule has 24 heavy (non-hydrogen) atoms. The van der Waals surface area contributed by atoms with Gasteiger partial charge in [0.05, 0.1) is 7.11 Å². The molecule has 0 radical (unpaired) electrons. The van der Waals surface area contributed by atoms with Crippen LogP contribution in [0.5, 0.6) is 11.5 Å². The van der Waals surface area contributed by atoms with Gasteiger partial charge in [-0.2, -0.15) is 0 Å². The van der Waals surface area contributed by atoms with E-state index in [0.717, 1.165) is 11.3 Å². The molecule has 5 heteroatoms. The van der Waals surface area contributed by atoms with Crippen LogP contribution >= 0.6 is 0 Å². The van der Waals surface area contributed by atoms with Crippen molar-refractivity contribution in [1.82, 2.24) is 0 Å². The SMILES string of the molecule is COc1ccc(C=O)cc1OCC(=O)Nc1ccccc1C(C)C. The van der Waals surface area contributed by atoms with E-state index in [1.165, 1.54) is 7.11 Å². The second-order valence-corrected chi connectivity index (χ2v) is 5.61. The summed E-state index contributed by atoms with van der Waals surface area (Å²) in [6.07, 6.45) is 0.714. The zero-order valence-electron chi connectivity index (χ0n) is 14.0. The molecule has 2 aromatic rings. The van der Waals surface area contributed by atoms with Crippen molar-refractivity contribution >= 4 is 17.9 Å². The summed E-state index contributed by atoms with van der Waals surface area (Å²) in [5.41, 5.74) is 2.29. The number of para-hydroxylation sites is 1. The molecule has 0 spiro atoms. The van der Waals surface area contributed by atoms with Crippen molar-refractivity contribution in [1.29, 1.82) is 0 Å². The number of aldehydes is 1. The first-order valence-corrected chi connectivity index (χ1v) is 7.70. The zero-order chi connectivity index (χ0) is 17.5. The van der Waals surface area contributed by atoms with Gasteiger partial charge in [-0.3, -0.25) is 9.59 Å².